The van der Waals surface area contributed by atoms with Gasteiger partial charge in [0.2, 0.25) is 0 Å². The van der Waals surface area contributed by atoms with Gasteiger partial charge in [0.05, 0.1) is 6.04 Å². The van der Waals surface area contributed by atoms with Crippen LogP contribution in [0.4, 0.5) is 0 Å². The number of nitrogens with two attached hydrogens (primary N) is 2. The molecule has 6 heavy (non-hydrogen) atoms. The molecule has 0 spiro atoms. The van der Waals surface area contributed by atoms with Gasteiger partial charge >= 0.3 is 0 Å². The number of nitrogens with one attached hydrogen (secondary N) is 1. The number of hydrogen-bond donors (Lipinski definition) is 3. The van der Waals surface area contributed by atoms with Crippen molar-refractivity contribution >= 4 is 5.84 Å². The highest BCUT2D eigenvalue weighted by Gasteiger charge is 1.91. The Morgan fingerprint density at radius 3 is 2.00 bits per heavy atom. The normalized spacial score (nSPS) is 13.7. The molecule has 0 aliphatic heterocycles. The third-order valence-corrected chi connectivity index (χ3v) is 0.491. The molecule has 0 radical (unpaired) electrons. The summed E-state index contributed by atoms with van der Waals surface area (Å²) in [6.45, 7) is 1.67. The van der Waals surface area contributed by atoms with Gasteiger partial charge in [-0.05, 0) is 6.92 Å². The average Bonchev–Trinajstić information content (AvgIpc) is 1.36. The molecule has 0 bridgehead atoms. The third-order valence-electron chi connectivity index (χ3n) is 0.491. The van der Waals surface area contributed by atoms with Gasteiger partial charge in [-0.2, -0.15) is 0 Å². The fourth-order valence-electron chi connectivity index (χ4n) is 0. The molecule has 0 aromatic carbocycles. The zero-order valence-corrected chi connectivity index (χ0v) is 3.73. The standard InChI is InChI=1S/C3H9N3/c1-2(4)3(5)6/h2H,4H2,1H3,(H3,5,6)/t2-/m1/s1. The second kappa shape index (κ2) is 1.77. The molecule has 0 aromatic heterocycles. The van der Waals surface area contributed by atoms with Gasteiger partial charge in [-0.1, -0.05) is 0 Å². The van der Waals surface area contributed by atoms with Gasteiger partial charge in [-0.15, -0.1) is 0 Å². The first-order valence-corrected chi connectivity index (χ1v) is 1.74. The van der Waals surface area contributed by atoms with E-state index in [0.717, 1.165) is 0 Å². The summed E-state index contributed by atoms with van der Waals surface area (Å²) in [5.41, 5.74) is 9.98. The van der Waals surface area contributed by atoms with E-state index in [0.29, 0.717) is 0 Å². The summed E-state index contributed by atoms with van der Waals surface area (Å²) >= 11 is 0. The lowest BCUT2D eigenvalue weighted by Crippen LogP contribution is -2.32. The van der Waals surface area contributed by atoms with Gasteiger partial charge in [-0.3, -0.25) is 5.41 Å². The SMILES string of the molecule is C[C@@H](N)C(=N)N. The molecule has 0 fully saturated rings. The smallest absolute Gasteiger partial charge is 0.107 e. The van der Waals surface area contributed by atoms with Crippen LogP contribution < -0.4 is 11.5 Å². The molecule has 3 nitrogen and oxygen atoms in total. The summed E-state index contributed by atoms with van der Waals surface area (Å²) in [6.07, 6.45) is 0. The molecular formula is C3H9N3. The van der Waals surface area contributed by atoms with Gasteiger partial charge in [0, 0.05) is 0 Å². The van der Waals surface area contributed by atoms with E-state index in [9.17, 15) is 0 Å². The van der Waals surface area contributed by atoms with Crippen molar-refractivity contribution in [3.63, 3.8) is 0 Å². The summed E-state index contributed by atoms with van der Waals surface area (Å²) in [5, 5.41) is 6.60. The Hall–Kier alpha value is -0.570. The first-order chi connectivity index (χ1) is 2.64. The summed E-state index contributed by atoms with van der Waals surface area (Å²) < 4.78 is 0. The molecule has 1 atom stereocenters. The van der Waals surface area contributed by atoms with E-state index in [4.69, 9.17) is 16.9 Å². The third kappa shape index (κ3) is 1.72. The molecule has 3 heteroatoms. The summed E-state index contributed by atoms with van der Waals surface area (Å²) in [5.74, 6) is 0.0370. The van der Waals surface area contributed by atoms with E-state index in [1.54, 1.807) is 6.92 Å². The van der Waals surface area contributed by atoms with Crippen molar-refractivity contribution in [2.75, 3.05) is 0 Å². The van der Waals surface area contributed by atoms with E-state index < -0.39 is 0 Å². The van der Waals surface area contributed by atoms with Crippen LogP contribution in [0.5, 0.6) is 0 Å². The zero-order chi connectivity index (χ0) is 5.15. The van der Waals surface area contributed by atoms with E-state index in [-0.39, 0.29) is 11.9 Å². The Morgan fingerprint density at radius 2 is 2.00 bits per heavy atom. The van der Waals surface area contributed by atoms with Crippen molar-refractivity contribution in [2.45, 2.75) is 13.0 Å². The van der Waals surface area contributed by atoms with Crippen LogP contribution in [0.25, 0.3) is 0 Å². The van der Waals surface area contributed by atoms with E-state index >= 15 is 0 Å². The van der Waals surface area contributed by atoms with Gasteiger partial charge in [0.15, 0.2) is 0 Å². The number of amidine groups is 1. The second-order valence-corrected chi connectivity index (χ2v) is 1.24. The van der Waals surface area contributed by atoms with Crippen molar-refractivity contribution < 1.29 is 0 Å². The maximum atomic E-state index is 6.60. The quantitative estimate of drug-likeness (QED) is 0.291. The Bertz CT molecular complexity index is 57.1. The molecule has 0 amide bonds. The minimum atomic E-state index is -0.287. The monoisotopic (exact) mass is 87.1 g/mol. The summed E-state index contributed by atoms with van der Waals surface area (Å²) in [6, 6.07) is -0.287. The first kappa shape index (κ1) is 5.43. The number of rotatable bonds is 1. The molecule has 0 aromatic rings. The van der Waals surface area contributed by atoms with Gasteiger partial charge < -0.3 is 11.5 Å². The Balaban J connectivity index is 3.26. The van der Waals surface area contributed by atoms with Crippen LogP contribution in [0.15, 0.2) is 0 Å². The van der Waals surface area contributed by atoms with Crippen molar-refractivity contribution in [3.8, 4) is 0 Å². The highest BCUT2D eigenvalue weighted by molar-refractivity contribution is 5.81. The largest absolute Gasteiger partial charge is 0.386 e. The van der Waals surface area contributed by atoms with Gasteiger partial charge in [0.25, 0.3) is 0 Å². The molecule has 0 aliphatic rings. The molecule has 0 saturated carbocycles. The van der Waals surface area contributed by atoms with Crippen LogP contribution >= 0.6 is 0 Å². The van der Waals surface area contributed by atoms with Crippen LogP contribution in [0, 0.1) is 5.41 Å². The zero-order valence-electron chi connectivity index (χ0n) is 3.73. The predicted molar refractivity (Wildman–Crippen MR) is 25.6 cm³/mol. The first-order valence-electron chi connectivity index (χ1n) is 1.74. The van der Waals surface area contributed by atoms with Crippen LogP contribution in [0.2, 0.25) is 0 Å². The minimum absolute atomic E-state index is 0.0370. The highest BCUT2D eigenvalue weighted by atomic mass is 14.8. The highest BCUT2D eigenvalue weighted by Crippen LogP contribution is 1.65. The molecule has 0 unspecified atom stereocenters. The summed E-state index contributed by atoms with van der Waals surface area (Å²) in [4.78, 5) is 0. The van der Waals surface area contributed by atoms with Gasteiger partial charge in [-0.25, -0.2) is 0 Å². The van der Waals surface area contributed by atoms with Crippen molar-refractivity contribution in [3.05, 3.63) is 0 Å². The lowest BCUT2D eigenvalue weighted by atomic mass is 10.3. The molecular weight excluding hydrogens is 78.1 g/mol. The van der Waals surface area contributed by atoms with Crippen LogP contribution in [-0.4, -0.2) is 11.9 Å². The lowest BCUT2D eigenvalue weighted by Gasteiger charge is -1.96. The molecule has 0 heterocycles. The fraction of sp³-hybridized carbons (Fsp3) is 0.667. The maximum Gasteiger partial charge on any atom is 0.107 e. The topological polar surface area (TPSA) is 75.9 Å². The minimum Gasteiger partial charge on any atom is -0.386 e. The van der Waals surface area contributed by atoms with Crippen molar-refractivity contribution in [1.82, 2.24) is 0 Å². The van der Waals surface area contributed by atoms with Crippen molar-refractivity contribution in [1.29, 1.82) is 5.41 Å². The van der Waals surface area contributed by atoms with Gasteiger partial charge in [0.1, 0.15) is 5.84 Å². The van der Waals surface area contributed by atoms with E-state index in [1.165, 1.54) is 0 Å². The average molecular weight is 87.1 g/mol. The van der Waals surface area contributed by atoms with Crippen molar-refractivity contribution in [2.24, 2.45) is 11.5 Å². The van der Waals surface area contributed by atoms with E-state index in [1.807, 2.05) is 0 Å². The van der Waals surface area contributed by atoms with E-state index in [2.05, 4.69) is 0 Å². The van der Waals surface area contributed by atoms with Crippen LogP contribution in [0.3, 0.4) is 0 Å². The molecule has 0 saturated heterocycles. The Morgan fingerprint density at radius 1 is 1.83 bits per heavy atom. The molecule has 5 N–H and O–H groups in total. The second-order valence-electron chi connectivity index (χ2n) is 1.24. The lowest BCUT2D eigenvalue weighted by molar-refractivity contribution is 0.951. The summed E-state index contributed by atoms with van der Waals surface area (Å²) in [7, 11) is 0. The number of hydrogen-bond acceptors (Lipinski definition) is 2. The maximum absolute atomic E-state index is 6.60. The van der Waals surface area contributed by atoms with Crippen LogP contribution in [-0.2, 0) is 0 Å². The molecule has 0 aliphatic carbocycles. The fourth-order valence-corrected chi connectivity index (χ4v) is 0. The van der Waals surface area contributed by atoms with Crippen LogP contribution in [0.1, 0.15) is 6.92 Å². The Labute approximate surface area is 36.8 Å². The molecule has 0 rings (SSSR count). The molecule has 36 valence electrons. The predicted octanol–water partition coefficient (Wildman–Crippen LogP) is -0.730. The Kier molecular flexibility index (Phi) is 1.60.